The van der Waals surface area contributed by atoms with Crippen LogP contribution < -0.4 is 0 Å². The highest BCUT2D eigenvalue weighted by Gasteiger charge is 2.04. The summed E-state index contributed by atoms with van der Waals surface area (Å²) in [6.07, 6.45) is 15.5. The summed E-state index contributed by atoms with van der Waals surface area (Å²) in [6, 6.07) is 0. The zero-order valence-electron chi connectivity index (χ0n) is 14.4. The lowest BCUT2D eigenvalue weighted by atomic mass is 10.0. The smallest absolute Gasteiger partial charge is 0.132 e. The second kappa shape index (κ2) is 15.7. The molecule has 21 heavy (non-hydrogen) atoms. The lowest BCUT2D eigenvalue weighted by Crippen LogP contribution is -2.00. The number of hydrogen-bond acceptors (Lipinski definition) is 2. The Morgan fingerprint density at radius 2 is 0.810 bits per heavy atom. The Balaban J connectivity index is 3.29. The number of unbranched alkanes of at least 4 members (excludes halogenated alkanes) is 8. The Morgan fingerprint density at radius 1 is 0.476 bits per heavy atom. The average molecular weight is 296 g/mol. The fourth-order valence-corrected chi connectivity index (χ4v) is 2.55. The van der Waals surface area contributed by atoms with Gasteiger partial charge in [0.25, 0.3) is 0 Å². The molecular weight excluding hydrogens is 260 g/mol. The Bertz CT molecular complexity index is 258. The molecule has 0 amide bonds. The van der Waals surface area contributed by atoms with Crippen LogP contribution in [-0.4, -0.2) is 11.6 Å². The fraction of sp³-hybridized carbons (Fsp3) is 0.895. The van der Waals surface area contributed by atoms with Gasteiger partial charge >= 0.3 is 0 Å². The van der Waals surface area contributed by atoms with Crippen LogP contribution in [0.15, 0.2) is 0 Å². The van der Waals surface area contributed by atoms with E-state index in [-0.39, 0.29) is 0 Å². The Morgan fingerprint density at radius 3 is 1.29 bits per heavy atom. The van der Waals surface area contributed by atoms with Gasteiger partial charge in [0.2, 0.25) is 0 Å². The van der Waals surface area contributed by atoms with Gasteiger partial charge in [-0.15, -0.1) is 0 Å². The second-order valence-electron chi connectivity index (χ2n) is 6.26. The third-order valence-electron chi connectivity index (χ3n) is 4.03. The minimum atomic E-state index is 0.372. The molecule has 0 N–H and O–H groups in total. The molecule has 0 bridgehead atoms. The Kier molecular flexibility index (Phi) is 15.2. The van der Waals surface area contributed by atoms with Crippen molar-refractivity contribution in [2.75, 3.05) is 0 Å². The molecule has 0 heterocycles. The number of Topliss-reactive ketones (excluding diaryl/α,β-unsaturated/α-hetero) is 2. The number of hydrogen-bond donors (Lipinski definition) is 0. The van der Waals surface area contributed by atoms with E-state index in [1.807, 2.05) is 0 Å². The average Bonchev–Trinajstić information content (AvgIpc) is 2.48. The van der Waals surface area contributed by atoms with E-state index in [2.05, 4.69) is 13.8 Å². The van der Waals surface area contributed by atoms with Crippen molar-refractivity contribution < 1.29 is 9.59 Å². The first-order valence-electron chi connectivity index (χ1n) is 9.24. The lowest BCUT2D eigenvalue weighted by molar-refractivity contribution is -0.121. The van der Waals surface area contributed by atoms with Gasteiger partial charge in [-0.05, 0) is 25.7 Å². The van der Waals surface area contributed by atoms with Crippen LogP contribution in [0.3, 0.4) is 0 Å². The van der Waals surface area contributed by atoms with Gasteiger partial charge in [-0.25, -0.2) is 0 Å². The molecule has 0 radical (unpaired) electrons. The van der Waals surface area contributed by atoms with Crippen LogP contribution in [0, 0.1) is 0 Å². The van der Waals surface area contributed by atoms with Gasteiger partial charge in [0, 0.05) is 25.7 Å². The van der Waals surface area contributed by atoms with Crippen LogP contribution in [0.25, 0.3) is 0 Å². The van der Waals surface area contributed by atoms with E-state index in [4.69, 9.17) is 0 Å². The molecule has 0 saturated carbocycles. The number of rotatable bonds is 16. The van der Waals surface area contributed by atoms with Gasteiger partial charge in [0.05, 0.1) is 0 Å². The fourth-order valence-electron chi connectivity index (χ4n) is 2.55. The normalized spacial score (nSPS) is 10.8. The summed E-state index contributed by atoms with van der Waals surface area (Å²) < 4.78 is 0. The minimum Gasteiger partial charge on any atom is -0.300 e. The Hall–Kier alpha value is -0.660. The molecule has 0 aliphatic rings. The maximum atomic E-state index is 11.7. The van der Waals surface area contributed by atoms with Crippen LogP contribution >= 0.6 is 0 Å². The van der Waals surface area contributed by atoms with Crippen LogP contribution in [-0.2, 0) is 9.59 Å². The summed E-state index contributed by atoms with van der Waals surface area (Å²) >= 11 is 0. The second-order valence-corrected chi connectivity index (χ2v) is 6.26. The van der Waals surface area contributed by atoms with Crippen LogP contribution in [0.4, 0.5) is 0 Å². The first kappa shape index (κ1) is 20.3. The van der Waals surface area contributed by atoms with Crippen LogP contribution in [0.1, 0.15) is 110 Å². The van der Waals surface area contributed by atoms with Gasteiger partial charge in [0.15, 0.2) is 0 Å². The standard InChI is InChI=1S/C19H36O2/c1-3-5-7-8-9-10-11-15-19(21)17-13-12-16-18(20)14-6-4-2/h3-17H2,1-2H3. The quantitative estimate of drug-likeness (QED) is 0.326. The topological polar surface area (TPSA) is 34.1 Å². The zero-order valence-corrected chi connectivity index (χ0v) is 14.4. The maximum absolute atomic E-state index is 11.7. The molecule has 0 aromatic heterocycles. The summed E-state index contributed by atoms with van der Waals surface area (Å²) in [6.45, 7) is 4.34. The largest absolute Gasteiger partial charge is 0.300 e. The zero-order chi connectivity index (χ0) is 15.8. The van der Waals surface area contributed by atoms with Gasteiger partial charge in [-0.3, -0.25) is 9.59 Å². The number of ketones is 2. The SMILES string of the molecule is CCCCCCCCCC(=O)CCCCC(=O)CCCC. The molecule has 0 aliphatic heterocycles. The van der Waals surface area contributed by atoms with Crippen molar-refractivity contribution in [2.24, 2.45) is 0 Å². The summed E-state index contributed by atoms with van der Waals surface area (Å²) in [5.41, 5.74) is 0. The Labute approximate surface area is 132 Å². The summed E-state index contributed by atoms with van der Waals surface area (Å²) in [5.74, 6) is 0.765. The minimum absolute atomic E-state index is 0.372. The van der Waals surface area contributed by atoms with Gasteiger partial charge in [-0.2, -0.15) is 0 Å². The molecule has 124 valence electrons. The molecule has 0 saturated heterocycles. The first-order chi connectivity index (χ1) is 10.2. The molecule has 0 atom stereocenters. The third kappa shape index (κ3) is 15.5. The molecular formula is C19H36O2. The monoisotopic (exact) mass is 296 g/mol. The van der Waals surface area contributed by atoms with Crippen molar-refractivity contribution in [3.63, 3.8) is 0 Å². The van der Waals surface area contributed by atoms with Crippen molar-refractivity contribution in [1.29, 1.82) is 0 Å². The van der Waals surface area contributed by atoms with E-state index < -0.39 is 0 Å². The van der Waals surface area contributed by atoms with Gasteiger partial charge in [-0.1, -0.05) is 58.8 Å². The summed E-state index contributed by atoms with van der Waals surface area (Å²) in [5, 5.41) is 0. The van der Waals surface area contributed by atoms with E-state index in [1.165, 1.54) is 38.5 Å². The molecule has 0 rings (SSSR count). The van der Waals surface area contributed by atoms with E-state index in [0.717, 1.165) is 44.9 Å². The van der Waals surface area contributed by atoms with Crippen LogP contribution in [0.5, 0.6) is 0 Å². The summed E-state index contributed by atoms with van der Waals surface area (Å²) in [7, 11) is 0. The number of carbonyl (C=O) groups is 2. The highest BCUT2D eigenvalue weighted by molar-refractivity contribution is 5.79. The third-order valence-corrected chi connectivity index (χ3v) is 4.03. The lowest BCUT2D eigenvalue weighted by Gasteiger charge is -2.02. The van der Waals surface area contributed by atoms with Crippen molar-refractivity contribution in [1.82, 2.24) is 0 Å². The van der Waals surface area contributed by atoms with E-state index in [9.17, 15) is 9.59 Å². The van der Waals surface area contributed by atoms with Crippen molar-refractivity contribution in [3.8, 4) is 0 Å². The van der Waals surface area contributed by atoms with Crippen LogP contribution in [0.2, 0.25) is 0 Å². The van der Waals surface area contributed by atoms with E-state index in [0.29, 0.717) is 24.4 Å². The molecule has 0 aliphatic carbocycles. The van der Waals surface area contributed by atoms with Gasteiger partial charge < -0.3 is 0 Å². The molecule has 0 spiro atoms. The highest BCUT2D eigenvalue weighted by atomic mass is 16.1. The van der Waals surface area contributed by atoms with Gasteiger partial charge in [0.1, 0.15) is 11.6 Å². The molecule has 2 heteroatoms. The first-order valence-corrected chi connectivity index (χ1v) is 9.24. The molecule has 0 fully saturated rings. The number of carbonyl (C=O) groups excluding carboxylic acids is 2. The molecule has 2 nitrogen and oxygen atoms in total. The van der Waals surface area contributed by atoms with Crippen molar-refractivity contribution in [3.05, 3.63) is 0 Å². The van der Waals surface area contributed by atoms with E-state index in [1.54, 1.807) is 0 Å². The molecule has 0 aromatic carbocycles. The van der Waals surface area contributed by atoms with E-state index >= 15 is 0 Å². The predicted octanol–water partition coefficient (Wildman–Crippen LogP) is 6.02. The van der Waals surface area contributed by atoms with Crippen molar-refractivity contribution >= 4 is 11.6 Å². The summed E-state index contributed by atoms with van der Waals surface area (Å²) in [4.78, 5) is 23.2. The maximum Gasteiger partial charge on any atom is 0.132 e. The van der Waals surface area contributed by atoms with Crippen molar-refractivity contribution in [2.45, 2.75) is 110 Å². The molecule has 0 aromatic rings. The highest BCUT2D eigenvalue weighted by Crippen LogP contribution is 2.11. The molecule has 0 unspecified atom stereocenters. The predicted molar refractivity (Wildman–Crippen MR) is 90.6 cm³/mol.